The zero-order chi connectivity index (χ0) is 6.57. The van der Waals surface area contributed by atoms with E-state index in [0.717, 1.165) is 8.62 Å². The lowest BCUT2D eigenvalue weighted by Gasteiger charge is -1.87. The summed E-state index contributed by atoms with van der Waals surface area (Å²) in [6.07, 6.45) is 0. The summed E-state index contributed by atoms with van der Waals surface area (Å²) < 4.78 is 5.05. The Labute approximate surface area is 67.9 Å². The number of halogens is 1. The van der Waals surface area contributed by atoms with Gasteiger partial charge in [0, 0.05) is 17.7 Å². The van der Waals surface area contributed by atoms with Gasteiger partial charge in [-0.25, -0.2) is 4.40 Å². The van der Waals surface area contributed by atoms with Crippen LogP contribution in [0, 0.1) is 0 Å². The first-order valence-electron chi connectivity index (χ1n) is 2.15. The molecule has 0 unspecified atom stereocenters. The van der Waals surface area contributed by atoms with Crippen molar-refractivity contribution in [2.75, 3.05) is 0 Å². The summed E-state index contributed by atoms with van der Waals surface area (Å²) in [5.74, 6) is 0. The van der Waals surface area contributed by atoms with Crippen molar-refractivity contribution in [3.05, 3.63) is 9.49 Å². The minimum atomic E-state index is 1.00. The second-order valence-electron chi connectivity index (χ2n) is 1.48. The van der Waals surface area contributed by atoms with Crippen LogP contribution in [-0.2, 0) is 0 Å². The van der Waals surface area contributed by atoms with Crippen molar-refractivity contribution in [2.24, 2.45) is 4.40 Å². The molecule has 0 aliphatic carbocycles. The van der Waals surface area contributed by atoms with Crippen LogP contribution in [0.3, 0.4) is 0 Å². The maximum Gasteiger partial charge on any atom is 0.0617 e. The summed E-state index contributed by atoms with van der Waals surface area (Å²) in [6.45, 7) is 7.60. The van der Waals surface area contributed by atoms with E-state index in [1.54, 1.807) is 0 Å². The van der Waals surface area contributed by atoms with Crippen molar-refractivity contribution in [3.63, 3.8) is 0 Å². The second kappa shape index (κ2) is 4.38. The fourth-order valence-corrected chi connectivity index (χ4v) is 0.718. The second-order valence-corrected chi connectivity index (χ2v) is 4.38. The van der Waals surface area contributed by atoms with Gasteiger partial charge in [0.2, 0.25) is 0 Å². The molecule has 0 saturated heterocycles. The maximum atomic E-state index is 4.05. The van der Waals surface area contributed by atoms with Gasteiger partial charge in [-0.2, -0.15) is 0 Å². The Morgan fingerprint density at radius 2 is 2.12 bits per heavy atom. The molecule has 0 aromatic heterocycles. The molecular weight excluding hydrogens is 233 g/mol. The van der Waals surface area contributed by atoms with E-state index in [-0.39, 0.29) is 0 Å². The molecule has 0 heterocycles. The first-order chi connectivity index (χ1) is 3.63. The highest BCUT2D eigenvalue weighted by molar-refractivity contribution is 14.1. The van der Waals surface area contributed by atoms with Crippen molar-refractivity contribution in [1.82, 2.24) is 0 Å². The molecule has 0 fully saturated rings. The largest absolute Gasteiger partial charge is 0.221 e. The standard InChI is InChI=1S/C5H8INS/c1-4(2)7-8-5(3)6/h3H2,1-2H3. The van der Waals surface area contributed by atoms with Crippen LogP contribution < -0.4 is 0 Å². The van der Waals surface area contributed by atoms with Crippen LogP contribution >= 0.6 is 34.5 Å². The summed E-state index contributed by atoms with van der Waals surface area (Å²) in [7, 11) is 0. The van der Waals surface area contributed by atoms with Gasteiger partial charge in [0.1, 0.15) is 0 Å². The molecule has 46 valence electrons. The van der Waals surface area contributed by atoms with E-state index in [4.69, 9.17) is 0 Å². The quantitative estimate of drug-likeness (QED) is 0.411. The SMILES string of the molecule is C=C(I)SN=C(C)C. The Kier molecular flexibility index (Phi) is 4.64. The summed E-state index contributed by atoms with van der Waals surface area (Å²) >= 11 is 3.56. The van der Waals surface area contributed by atoms with Crippen LogP contribution in [0.25, 0.3) is 0 Å². The van der Waals surface area contributed by atoms with Gasteiger partial charge in [0.15, 0.2) is 0 Å². The molecule has 0 aliphatic heterocycles. The molecule has 0 aromatic carbocycles. The molecule has 0 bridgehead atoms. The van der Waals surface area contributed by atoms with E-state index >= 15 is 0 Å². The Morgan fingerprint density at radius 1 is 1.62 bits per heavy atom. The predicted molar refractivity (Wildman–Crippen MR) is 49.5 cm³/mol. The minimum Gasteiger partial charge on any atom is -0.221 e. The maximum absolute atomic E-state index is 4.05. The fourth-order valence-electron chi connectivity index (χ4n) is 0.141. The van der Waals surface area contributed by atoms with Crippen LogP contribution in [0.4, 0.5) is 0 Å². The molecule has 8 heavy (non-hydrogen) atoms. The zero-order valence-electron chi connectivity index (χ0n) is 4.94. The van der Waals surface area contributed by atoms with E-state index < -0.39 is 0 Å². The zero-order valence-corrected chi connectivity index (χ0v) is 7.91. The van der Waals surface area contributed by atoms with E-state index in [0.29, 0.717) is 0 Å². The molecule has 0 radical (unpaired) electrons. The van der Waals surface area contributed by atoms with Gasteiger partial charge in [-0.05, 0) is 36.4 Å². The molecule has 3 heteroatoms. The van der Waals surface area contributed by atoms with Crippen LogP contribution in [0.2, 0.25) is 0 Å². The molecular formula is C5H8INS. The van der Waals surface area contributed by atoms with Crippen molar-refractivity contribution >= 4 is 40.3 Å². The third kappa shape index (κ3) is 6.49. The lowest BCUT2D eigenvalue weighted by Crippen LogP contribution is -1.73. The van der Waals surface area contributed by atoms with Crippen LogP contribution in [0.15, 0.2) is 13.9 Å². The van der Waals surface area contributed by atoms with E-state index in [1.807, 2.05) is 13.8 Å². The fraction of sp³-hybridized carbons (Fsp3) is 0.400. The van der Waals surface area contributed by atoms with Crippen LogP contribution in [0.5, 0.6) is 0 Å². The van der Waals surface area contributed by atoms with E-state index in [2.05, 4.69) is 33.6 Å². The van der Waals surface area contributed by atoms with Gasteiger partial charge in [-0.1, -0.05) is 6.58 Å². The number of hydrogen-bond donors (Lipinski definition) is 0. The van der Waals surface area contributed by atoms with Gasteiger partial charge in [0.25, 0.3) is 0 Å². The van der Waals surface area contributed by atoms with Gasteiger partial charge in [0.05, 0.1) is 2.91 Å². The molecule has 0 saturated carbocycles. The first-order valence-corrected chi connectivity index (χ1v) is 4.00. The van der Waals surface area contributed by atoms with Crippen molar-refractivity contribution in [3.8, 4) is 0 Å². The lowest BCUT2D eigenvalue weighted by atomic mass is 10.5. The minimum absolute atomic E-state index is 1.00. The van der Waals surface area contributed by atoms with Gasteiger partial charge < -0.3 is 0 Å². The highest BCUT2D eigenvalue weighted by Crippen LogP contribution is 2.20. The Balaban J connectivity index is 3.45. The highest BCUT2D eigenvalue weighted by Gasteiger charge is 1.82. The third-order valence-electron chi connectivity index (χ3n) is 0.327. The van der Waals surface area contributed by atoms with Gasteiger partial charge in [-0.15, -0.1) is 0 Å². The smallest absolute Gasteiger partial charge is 0.0617 e. The molecule has 0 aliphatic rings. The van der Waals surface area contributed by atoms with Crippen LogP contribution in [0.1, 0.15) is 13.8 Å². The summed E-state index contributed by atoms with van der Waals surface area (Å²) in [5.41, 5.74) is 1.08. The molecule has 0 amide bonds. The Hall–Kier alpha value is 0.490. The predicted octanol–water partition coefficient (Wildman–Crippen LogP) is 3.02. The molecule has 1 nitrogen and oxygen atoms in total. The lowest BCUT2D eigenvalue weighted by molar-refractivity contribution is 1.68. The number of rotatable bonds is 2. The molecule has 0 atom stereocenters. The van der Waals surface area contributed by atoms with Crippen molar-refractivity contribution in [1.29, 1.82) is 0 Å². The Bertz CT molecular complexity index is 116. The van der Waals surface area contributed by atoms with Gasteiger partial charge >= 0.3 is 0 Å². The van der Waals surface area contributed by atoms with E-state index in [9.17, 15) is 0 Å². The molecule has 0 rings (SSSR count). The first kappa shape index (κ1) is 8.49. The summed E-state index contributed by atoms with van der Waals surface area (Å²) in [5, 5.41) is 0. The average molecular weight is 241 g/mol. The average Bonchev–Trinajstić information content (AvgIpc) is 1.61. The summed E-state index contributed by atoms with van der Waals surface area (Å²) in [4.78, 5) is 0. The third-order valence-corrected chi connectivity index (χ3v) is 1.57. The van der Waals surface area contributed by atoms with Crippen molar-refractivity contribution in [2.45, 2.75) is 13.8 Å². The Morgan fingerprint density at radius 3 is 2.25 bits per heavy atom. The van der Waals surface area contributed by atoms with Gasteiger partial charge in [-0.3, -0.25) is 0 Å². The monoisotopic (exact) mass is 241 g/mol. The number of nitrogens with zero attached hydrogens (tertiary/aromatic N) is 1. The molecule has 0 spiro atoms. The van der Waals surface area contributed by atoms with Crippen molar-refractivity contribution < 1.29 is 0 Å². The molecule has 0 N–H and O–H groups in total. The topological polar surface area (TPSA) is 12.4 Å². The normalized spacial score (nSPS) is 8.38. The highest BCUT2D eigenvalue weighted by atomic mass is 127. The van der Waals surface area contributed by atoms with Crippen LogP contribution in [-0.4, -0.2) is 5.71 Å². The number of hydrogen-bond acceptors (Lipinski definition) is 2. The van der Waals surface area contributed by atoms with E-state index in [1.165, 1.54) is 11.9 Å². The molecule has 0 aromatic rings. The summed E-state index contributed by atoms with van der Waals surface area (Å²) in [6, 6.07) is 0.